The minimum absolute atomic E-state index is 0.198. The van der Waals surface area contributed by atoms with E-state index in [1.807, 2.05) is 41.8 Å². The Labute approximate surface area is 185 Å². The molecule has 0 aliphatic carbocycles. The van der Waals surface area contributed by atoms with Crippen molar-refractivity contribution in [2.24, 2.45) is 0 Å². The molecule has 31 heavy (non-hydrogen) atoms. The molecule has 0 saturated carbocycles. The maximum Gasteiger partial charge on any atom is 0.267 e. The van der Waals surface area contributed by atoms with E-state index in [0.29, 0.717) is 30.0 Å². The van der Waals surface area contributed by atoms with Gasteiger partial charge in [-0.25, -0.2) is 0 Å². The third-order valence-corrected chi connectivity index (χ3v) is 5.33. The van der Waals surface area contributed by atoms with Crippen LogP contribution in [-0.4, -0.2) is 32.6 Å². The van der Waals surface area contributed by atoms with Crippen LogP contribution in [0.25, 0.3) is 6.08 Å². The molecule has 3 rings (SSSR count). The first kappa shape index (κ1) is 22.1. The first-order valence-corrected chi connectivity index (χ1v) is 10.6. The molecule has 6 nitrogen and oxygen atoms in total. The highest BCUT2D eigenvalue weighted by atomic mass is 32.1. The van der Waals surface area contributed by atoms with E-state index in [2.05, 4.69) is 10.6 Å². The molecule has 160 valence electrons. The fourth-order valence-corrected chi connectivity index (χ4v) is 3.57. The lowest BCUT2D eigenvalue weighted by Crippen LogP contribution is -2.35. The zero-order valence-corrected chi connectivity index (χ0v) is 18.2. The van der Waals surface area contributed by atoms with Crippen molar-refractivity contribution in [2.45, 2.75) is 6.42 Å². The molecule has 0 spiro atoms. The molecule has 2 N–H and O–H groups in total. The van der Waals surface area contributed by atoms with Crippen molar-refractivity contribution < 1.29 is 19.1 Å². The smallest absolute Gasteiger partial charge is 0.267 e. The zero-order valence-electron chi connectivity index (χ0n) is 17.4. The van der Waals surface area contributed by atoms with Crippen LogP contribution in [0, 0.1) is 0 Å². The van der Waals surface area contributed by atoms with Crippen molar-refractivity contribution in [2.75, 3.05) is 20.8 Å². The molecule has 0 atom stereocenters. The summed E-state index contributed by atoms with van der Waals surface area (Å²) in [5.74, 6) is 0.608. The Kier molecular flexibility index (Phi) is 7.84. The van der Waals surface area contributed by atoms with Gasteiger partial charge in [0.15, 0.2) is 11.5 Å². The van der Waals surface area contributed by atoms with Gasteiger partial charge in [-0.3, -0.25) is 9.59 Å². The van der Waals surface area contributed by atoms with Crippen LogP contribution in [-0.2, 0) is 11.2 Å². The molecule has 1 heterocycles. The SMILES string of the molecule is COc1ccc(CCNC(=O)/C(=C\c2cccs2)NC(=O)c2ccccc2)cc1OC. The second-order valence-corrected chi connectivity index (χ2v) is 7.57. The number of hydrogen-bond donors (Lipinski definition) is 2. The third-order valence-electron chi connectivity index (χ3n) is 4.51. The van der Waals surface area contributed by atoms with Gasteiger partial charge < -0.3 is 20.1 Å². The Bertz CT molecular complexity index is 1050. The monoisotopic (exact) mass is 436 g/mol. The van der Waals surface area contributed by atoms with Gasteiger partial charge in [-0.2, -0.15) is 0 Å². The van der Waals surface area contributed by atoms with Crippen LogP contribution in [0.1, 0.15) is 20.8 Å². The number of carbonyl (C=O) groups is 2. The van der Waals surface area contributed by atoms with E-state index in [1.165, 1.54) is 11.3 Å². The molecule has 0 saturated heterocycles. The number of thiophene rings is 1. The predicted molar refractivity (Wildman–Crippen MR) is 122 cm³/mol. The number of methoxy groups -OCH3 is 2. The summed E-state index contributed by atoms with van der Waals surface area (Å²) in [6, 6.07) is 18.2. The summed E-state index contributed by atoms with van der Waals surface area (Å²) >= 11 is 1.49. The quantitative estimate of drug-likeness (QED) is 0.499. The van der Waals surface area contributed by atoms with Crippen LogP contribution in [0.3, 0.4) is 0 Å². The second kappa shape index (κ2) is 11.0. The molecule has 0 aliphatic heterocycles. The summed E-state index contributed by atoms with van der Waals surface area (Å²) in [4.78, 5) is 26.2. The average molecular weight is 437 g/mol. The number of benzene rings is 2. The van der Waals surface area contributed by atoms with Crippen LogP contribution in [0.5, 0.6) is 11.5 Å². The van der Waals surface area contributed by atoms with Crippen molar-refractivity contribution in [3.63, 3.8) is 0 Å². The van der Waals surface area contributed by atoms with Crippen LogP contribution in [0.4, 0.5) is 0 Å². The molecule has 2 amide bonds. The van der Waals surface area contributed by atoms with Crippen LogP contribution < -0.4 is 20.1 Å². The van der Waals surface area contributed by atoms with E-state index in [9.17, 15) is 9.59 Å². The summed E-state index contributed by atoms with van der Waals surface area (Å²) in [6.07, 6.45) is 2.28. The molecule has 7 heteroatoms. The highest BCUT2D eigenvalue weighted by Crippen LogP contribution is 2.27. The Hall–Kier alpha value is -3.58. The van der Waals surface area contributed by atoms with Gasteiger partial charge in [0, 0.05) is 17.0 Å². The number of ether oxygens (including phenoxy) is 2. The average Bonchev–Trinajstić information content (AvgIpc) is 3.32. The van der Waals surface area contributed by atoms with Crippen LogP contribution >= 0.6 is 11.3 Å². The van der Waals surface area contributed by atoms with Crippen molar-refractivity contribution in [3.05, 3.63) is 87.7 Å². The second-order valence-electron chi connectivity index (χ2n) is 6.59. The maximum absolute atomic E-state index is 12.8. The molecule has 2 aromatic carbocycles. The lowest BCUT2D eigenvalue weighted by Gasteiger charge is -2.12. The lowest BCUT2D eigenvalue weighted by atomic mass is 10.1. The first-order chi connectivity index (χ1) is 15.1. The summed E-state index contributed by atoms with van der Waals surface area (Å²) in [5, 5.41) is 7.52. The predicted octanol–water partition coefficient (Wildman–Crippen LogP) is 3.90. The summed E-state index contributed by atoms with van der Waals surface area (Å²) < 4.78 is 10.6. The molecular weight excluding hydrogens is 412 g/mol. The number of nitrogens with one attached hydrogen (secondary N) is 2. The van der Waals surface area contributed by atoms with Gasteiger partial charge in [-0.1, -0.05) is 30.3 Å². The van der Waals surface area contributed by atoms with Crippen molar-refractivity contribution in [1.29, 1.82) is 0 Å². The van der Waals surface area contributed by atoms with Gasteiger partial charge in [0.25, 0.3) is 11.8 Å². The number of carbonyl (C=O) groups excluding carboxylic acids is 2. The molecule has 0 bridgehead atoms. The van der Waals surface area contributed by atoms with E-state index in [1.54, 1.807) is 44.6 Å². The van der Waals surface area contributed by atoms with E-state index in [4.69, 9.17) is 9.47 Å². The van der Waals surface area contributed by atoms with Gasteiger partial charge >= 0.3 is 0 Å². The van der Waals surface area contributed by atoms with Crippen molar-refractivity contribution in [3.8, 4) is 11.5 Å². The first-order valence-electron chi connectivity index (χ1n) is 9.71. The minimum Gasteiger partial charge on any atom is -0.493 e. The zero-order chi connectivity index (χ0) is 22.1. The summed E-state index contributed by atoms with van der Waals surface area (Å²) in [6.45, 7) is 0.400. The normalized spacial score (nSPS) is 11.0. The van der Waals surface area contributed by atoms with Gasteiger partial charge in [0.05, 0.1) is 14.2 Å². The van der Waals surface area contributed by atoms with Gasteiger partial charge in [-0.05, 0) is 53.8 Å². The van der Waals surface area contributed by atoms with Gasteiger partial charge in [-0.15, -0.1) is 11.3 Å². The summed E-state index contributed by atoms with van der Waals surface area (Å²) in [5.41, 5.74) is 1.68. The fourth-order valence-electron chi connectivity index (χ4n) is 2.91. The van der Waals surface area contributed by atoms with E-state index in [-0.39, 0.29) is 17.5 Å². The number of rotatable bonds is 9. The molecule has 1 aromatic heterocycles. The highest BCUT2D eigenvalue weighted by molar-refractivity contribution is 7.10. The van der Waals surface area contributed by atoms with Gasteiger partial charge in [0.1, 0.15) is 5.70 Å². The molecule has 0 unspecified atom stereocenters. The maximum atomic E-state index is 12.8. The van der Waals surface area contributed by atoms with E-state index < -0.39 is 0 Å². The Morgan fingerprint density at radius 1 is 0.968 bits per heavy atom. The molecule has 0 fully saturated rings. The van der Waals surface area contributed by atoms with E-state index >= 15 is 0 Å². The standard InChI is InChI=1S/C24H24N2O4S/c1-29-21-11-10-17(15-22(21)30-2)12-13-25-24(28)20(16-19-9-6-14-31-19)26-23(27)18-7-4-3-5-8-18/h3-11,14-16H,12-13H2,1-2H3,(H,25,28)(H,26,27)/b20-16+. The highest BCUT2D eigenvalue weighted by Gasteiger charge is 2.15. The lowest BCUT2D eigenvalue weighted by molar-refractivity contribution is -0.117. The largest absolute Gasteiger partial charge is 0.493 e. The minimum atomic E-state index is -0.349. The van der Waals surface area contributed by atoms with E-state index in [0.717, 1.165) is 10.4 Å². The van der Waals surface area contributed by atoms with Gasteiger partial charge in [0.2, 0.25) is 0 Å². The Balaban J connectivity index is 1.67. The van der Waals surface area contributed by atoms with Crippen molar-refractivity contribution >= 4 is 29.2 Å². The molecular formula is C24H24N2O4S. The Morgan fingerprint density at radius 2 is 1.74 bits per heavy atom. The number of amides is 2. The summed E-state index contributed by atoms with van der Waals surface area (Å²) in [7, 11) is 3.17. The Morgan fingerprint density at radius 3 is 2.42 bits per heavy atom. The fraction of sp³-hybridized carbons (Fsp3) is 0.167. The van der Waals surface area contributed by atoms with Crippen LogP contribution in [0.2, 0.25) is 0 Å². The molecule has 0 radical (unpaired) electrons. The third kappa shape index (κ3) is 6.20. The van der Waals surface area contributed by atoms with Crippen LogP contribution in [0.15, 0.2) is 71.7 Å². The molecule has 0 aliphatic rings. The molecule has 3 aromatic rings. The van der Waals surface area contributed by atoms with Crippen molar-refractivity contribution in [1.82, 2.24) is 10.6 Å². The topological polar surface area (TPSA) is 76.7 Å². The number of hydrogen-bond acceptors (Lipinski definition) is 5.